The second-order valence-corrected chi connectivity index (χ2v) is 3.65. The second-order valence-electron chi connectivity index (χ2n) is 3.30. The molecule has 98 valence electrons. The Labute approximate surface area is 109 Å². The zero-order valence-electron chi connectivity index (χ0n) is 10.1. The number of hydrogen-bond acceptors (Lipinski definition) is 4. The minimum atomic E-state index is -0.687. The zero-order chi connectivity index (χ0) is 13.5. The van der Waals surface area contributed by atoms with Gasteiger partial charge in [0.2, 0.25) is 5.17 Å². The quantitative estimate of drug-likeness (QED) is 0.612. The molecule has 0 atom stereocenters. The molecule has 0 aliphatic heterocycles. The van der Waals surface area contributed by atoms with Gasteiger partial charge in [-0.15, -0.1) is 0 Å². The number of carbonyl (C=O) groups excluding carboxylic acids is 1. The highest BCUT2D eigenvalue weighted by molar-refractivity contribution is 6.82. The van der Waals surface area contributed by atoms with Crippen LogP contribution in [0.3, 0.4) is 0 Å². The van der Waals surface area contributed by atoms with Gasteiger partial charge in [-0.2, -0.15) is 0 Å². The topological polar surface area (TPSA) is 47.9 Å². The first-order valence-electron chi connectivity index (χ1n) is 5.28. The van der Waals surface area contributed by atoms with Crippen molar-refractivity contribution in [1.82, 2.24) is 0 Å². The van der Waals surface area contributed by atoms with E-state index in [9.17, 15) is 9.18 Å². The van der Waals surface area contributed by atoms with Crippen LogP contribution in [0, 0.1) is 5.82 Å². The van der Waals surface area contributed by atoms with Gasteiger partial charge in [-0.25, -0.2) is 9.18 Å². The Kier molecular flexibility index (Phi) is 5.58. The summed E-state index contributed by atoms with van der Waals surface area (Å²) in [6, 6.07) is 4.40. The number of ether oxygens (including phenoxy) is 2. The molecule has 0 heterocycles. The van der Waals surface area contributed by atoms with Crippen molar-refractivity contribution in [3.63, 3.8) is 0 Å². The average molecular weight is 274 g/mol. The van der Waals surface area contributed by atoms with E-state index in [1.807, 2.05) is 0 Å². The Morgan fingerprint density at radius 2 is 2.22 bits per heavy atom. The number of nitrogens with zero attached hydrogens (tertiary/aromatic N) is 1. The van der Waals surface area contributed by atoms with E-state index in [4.69, 9.17) is 16.3 Å². The second kappa shape index (κ2) is 6.96. The summed E-state index contributed by atoms with van der Waals surface area (Å²) in [6.45, 7) is 1.99. The maximum atomic E-state index is 13.4. The monoisotopic (exact) mass is 273 g/mol. The van der Waals surface area contributed by atoms with Crippen LogP contribution >= 0.6 is 11.6 Å². The van der Waals surface area contributed by atoms with Gasteiger partial charge in [0, 0.05) is 0 Å². The molecule has 0 aliphatic carbocycles. The molecule has 6 heteroatoms. The standard InChI is InChI=1S/C12H13ClFNO3/c1-3-18-12(16)11(13)15-7-8-4-5-10(17-2)9(14)6-8/h4-6H,3,7H2,1-2H3. The van der Waals surface area contributed by atoms with Crippen LogP contribution in [0.15, 0.2) is 23.2 Å². The Morgan fingerprint density at radius 3 is 2.78 bits per heavy atom. The summed E-state index contributed by atoms with van der Waals surface area (Å²) in [5.41, 5.74) is 0.579. The first kappa shape index (κ1) is 14.4. The van der Waals surface area contributed by atoms with E-state index < -0.39 is 11.8 Å². The van der Waals surface area contributed by atoms with Crippen LogP contribution in [0.5, 0.6) is 5.75 Å². The number of carbonyl (C=O) groups is 1. The first-order valence-corrected chi connectivity index (χ1v) is 5.65. The summed E-state index contributed by atoms with van der Waals surface area (Å²) in [7, 11) is 1.38. The van der Waals surface area contributed by atoms with Gasteiger partial charge in [0.15, 0.2) is 11.6 Å². The van der Waals surface area contributed by atoms with Gasteiger partial charge in [-0.05, 0) is 24.6 Å². The Balaban J connectivity index is 2.71. The maximum Gasteiger partial charge on any atom is 0.368 e. The summed E-state index contributed by atoms with van der Waals surface area (Å²) in [6.07, 6.45) is 0. The molecule has 0 fully saturated rings. The van der Waals surface area contributed by atoms with Crippen LogP contribution in [0.2, 0.25) is 0 Å². The van der Waals surface area contributed by atoms with E-state index in [-0.39, 0.29) is 24.1 Å². The Hall–Kier alpha value is -1.62. The third-order valence-corrected chi connectivity index (χ3v) is 2.33. The normalized spacial score (nSPS) is 11.2. The van der Waals surface area contributed by atoms with E-state index in [1.165, 1.54) is 19.2 Å². The molecule has 0 radical (unpaired) electrons. The number of esters is 1. The lowest BCUT2D eigenvalue weighted by Crippen LogP contribution is -2.12. The fourth-order valence-corrected chi connectivity index (χ4v) is 1.34. The molecule has 0 N–H and O–H groups in total. The summed E-state index contributed by atoms with van der Waals surface area (Å²) in [5.74, 6) is -1.02. The largest absolute Gasteiger partial charge is 0.494 e. The fraction of sp³-hybridized carbons (Fsp3) is 0.333. The summed E-state index contributed by atoms with van der Waals surface area (Å²) >= 11 is 5.62. The Morgan fingerprint density at radius 1 is 1.50 bits per heavy atom. The maximum absolute atomic E-state index is 13.4. The van der Waals surface area contributed by atoms with Crippen molar-refractivity contribution in [2.75, 3.05) is 13.7 Å². The van der Waals surface area contributed by atoms with Gasteiger partial charge in [-0.1, -0.05) is 17.7 Å². The molecule has 0 amide bonds. The predicted octanol–water partition coefficient (Wildman–Crippen LogP) is 2.53. The van der Waals surface area contributed by atoms with Crippen LogP contribution in [0.25, 0.3) is 0 Å². The smallest absolute Gasteiger partial charge is 0.368 e. The SMILES string of the molecule is CCOC(=O)C(Cl)=NCc1ccc(OC)c(F)c1. The number of hydrogen-bond donors (Lipinski definition) is 0. The first-order chi connectivity index (χ1) is 8.58. The van der Waals surface area contributed by atoms with Gasteiger partial charge in [0.05, 0.1) is 20.3 Å². The lowest BCUT2D eigenvalue weighted by Gasteiger charge is -2.03. The molecular weight excluding hydrogens is 261 g/mol. The highest BCUT2D eigenvalue weighted by Crippen LogP contribution is 2.18. The molecule has 0 saturated carbocycles. The van der Waals surface area contributed by atoms with E-state index in [0.29, 0.717) is 5.56 Å². The van der Waals surface area contributed by atoms with Crippen LogP contribution in [-0.2, 0) is 16.1 Å². The number of halogens is 2. The molecular formula is C12H13ClFNO3. The number of rotatable bonds is 5. The van der Waals surface area contributed by atoms with Crippen molar-refractivity contribution in [3.05, 3.63) is 29.6 Å². The minimum absolute atomic E-state index is 0.0958. The van der Waals surface area contributed by atoms with Crippen molar-refractivity contribution in [2.45, 2.75) is 13.5 Å². The van der Waals surface area contributed by atoms with Gasteiger partial charge >= 0.3 is 5.97 Å². The van der Waals surface area contributed by atoms with E-state index in [1.54, 1.807) is 13.0 Å². The summed E-state index contributed by atoms with van der Waals surface area (Å²) < 4.78 is 22.8. The molecule has 1 rings (SSSR count). The van der Waals surface area contributed by atoms with Crippen LogP contribution in [0.4, 0.5) is 4.39 Å². The lowest BCUT2D eigenvalue weighted by molar-refractivity contribution is -0.134. The summed E-state index contributed by atoms with van der Waals surface area (Å²) in [5, 5.41) is -0.256. The van der Waals surface area contributed by atoms with Gasteiger partial charge in [0.25, 0.3) is 0 Å². The molecule has 0 aromatic heterocycles. The van der Waals surface area contributed by atoms with Crippen LogP contribution in [-0.4, -0.2) is 24.9 Å². The van der Waals surface area contributed by atoms with E-state index >= 15 is 0 Å². The van der Waals surface area contributed by atoms with Gasteiger partial charge in [-0.3, -0.25) is 4.99 Å². The molecule has 0 unspecified atom stereocenters. The Bertz CT molecular complexity index is 463. The summed E-state index contributed by atoms with van der Waals surface area (Å²) in [4.78, 5) is 15.0. The predicted molar refractivity (Wildman–Crippen MR) is 66.6 cm³/mol. The number of aliphatic imine (C=N–C) groups is 1. The minimum Gasteiger partial charge on any atom is -0.494 e. The van der Waals surface area contributed by atoms with Crippen LogP contribution < -0.4 is 4.74 Å². The molecule has 18 heavy (non-hydrogen) atoms. The zero-order valence-corrected chi connectivity index (χ0v) is 10.8. The van der Waals surface area contributed by atoms with Crippen molar-refractivity contribution < 1.29 is 18.7 Å². The molecule has 4 nitrogen and oxygen atoms in total. The molecule has 1 aromatic carbocycles. The van der Waals surface area contributed by atoms with Crippen LogP contribution in [0.1, 0.15) is 12.5 Å². The van der Waals surface area contributed by atoms with E-state index in [0.717, 1.165) is 0 Å². The highest BCUT2D eigenvalue weighted by atomic mass is 35.5. The molecule has 0 spiro atoms. The lowest BCUT2D eigenvalue weighted by atomic mass is 10.2. The number of methoxy groups -OCH3 is 1. The van der Waals surface area contributed by atoms with E-state index in [2.05, 4.69) is 9.73 Å². The van der Waals surface area contributed by atoms with Gasteiger partial charge < -0.3 is 9.47 Å². The average Bonchev–Trinajstić information content (AvgIpc) is 2.36. The molecule has 0 saturated heterocycles. The van der Waals surface area contributed by atoms with Crippen molar-refractivity contribution in [1.29, 1.82) is 0 Å². The molecule has 0 aliphatic rings. The van der Waals surface area contributed by atoms with Crippen molar-refractivity contribution >= 4 is 22.7 Å². The highest BCUT2D eigenvalue weighted by Gasteiger charge is 2.09. The third-order valence-electron chi connectivity index (χ3n) is 2.06. The fourth-order valence-electron chi connectivity index (χ4n) is 1.22. The molecule has 0 bridgehead atoms. The molecule has 1 aromatic rings. The van der Waals surface area contributed by atoms with Gasteiger partial charge in [0.1, 0.15) is 0 Å². The number of benzene rings is 1. The third kappa shape index (κ3) is 4.00. The van der Waals surface area contributed by atoms with Crippen molar-refractivity contribution in [2.24, 2.45) is 4.99 Å². The van der Waals surface area contributed by atoms with Crippen molar-refractivity contribution in [3.8, 4) is 5.75 Å².